The second-order valence-electron chi connectivity index (χ2n) is 4.37. The average Bonchev–Trinajstić information content (AvgIpc) is 2.76. The second-order valence-corrected chi connectivity index (χ2v) is 4.68. The molecule has 0 bridgehead atoms. The molecule has 1 N–H and O–H groups in total. The summed E-state index contributed by atoms with van der Waals surface area (Å²) in [5.74, 6) is 1.88. The van der Waals surface area contributed by atoms with Gasteiger partial charge in [-0.2, -0.15) is 4.52 Å². The largest absolute Gasteiger partial charge is 0.365 e. The molecule has 1 unspecified atom stereocenters. The van der Waals surface area contributed by atoms with Crippen molar-refractivity contribution in [1.29, 1.82) is 0 Å². The quantitative estimate of drug-likeness (QED) is 0.821. The molecule has 2 aromatic heterocycles. The third-order valence-electron chi connectivity index (χ3n) is 2.40. The van der Waals surface area contributed by atoms with Crippen LogP contribution in [-0.4, -0.2) is 36.9 Å². The maximum atomic E-state index is 5.94. The van der Waals surface area contributed by atoms with E-state index < -0.39 is 0 Å². The number of aromatic nitrogens is 5. The Labute approximate surface area is 104 Å². The van der Waals surface area contributed by atoms with Crippen LogP contribution in [-0.2, 0) is 0 Å². The molecule has 0 saturated carbocycles. The van der Waals surface area contributed by atoms with Gasteiger partial charge in [-0.15, -0.1) is 16.7 Å². The van der Waals surface area contributed by atoms with Crippen LogP contribution in [0.5, 0.6) is 0 Å². The van der Waals surface area contributed by atoms with E-state index in [0.29, 0.717) is 17.4 Å². The van der Waals surface area contributed by atoms with Gasteiger partial charge in [0.05, 0.1) is 12.4 Å². The van der Waals surface area contributed by atoms with E-state index in [9.17, 15) is 0 Å². The molecule has 0 radical (unpaired) electrons. The van der Waals surface area contributed by atoms with Crippen LogP contribution in [0.15, 0.2) is 12.4 Å². The van der Waals surface area contributed by atoms with E-state index in [1.165, 1.54) is 0 Å². The van der Waals surface area contributed by atoms with E-state index in [4.69, 9.17) is 11.6 Å². The van der Waals surface area contributed by atoms with Crippen LogP contribution in [0, 0.1) is 5.92 Å². The Morgan fingerprint density at radius 3 is 2.94 bits per heavy atom. The average molecular weight is 255 g/mol. The van der Waals surface area contributed by atoms with E-state index in [1.54, 1.807) is 16.9 Å². The fourth-order valence-corrected chi connectivity index (χ4v) is 1.92. The molecule has 1 atom stereocenters. The maximum Gasteiger partial charge on any atom is 0.199 e. The predicted octanol–water partition coefficient (Wildman–Crippen LogP) is 1.58. The number of tetrazole rings is 1. The molecule has 17 heavy (non-hydrogen) atoms. The van der Waals surface area contributed by atoms with Crippen molar-refractivity contribution in [3.63, 3.8) is 0 Å². The summed E-state index contributed by atoms with van der Waals surface area (Å²) in [5.41, 5.74) is 0.618. The molecule has 6 nitrogen and oxygen atoms in total. The number of hydrogen-bond donors (Lipinski definition) is 1. The number of nitrogens with zero attached hydrogens (tertiary/aromatic N) is 5. The summed E-state index contributed by atoms with van der Waals surface area (Å²) in [4.78, 5) is 4.08. The fraction of sp³-hybridized carbons (Fsp3) is 0.600. The molecule has 0 aliphatic carbocycles. The molecule has 0 amide bonds. The van der Waals surface area contributed by atoms with E-state index in [0.717, 1.165) is 12.2 Å². The van der Waals surface area contributed by atoms with Crippen LogP contribution >= 0.6 is 11.6 Å². The molecule has 92 valence electrons. The summed E-state index contributed by atoms with van der Waals surface area (Å²) in [7, 11) is 0. The fourth-order valence-electron chi connectivity index (χ4n) is 1.71. The topological polar surface area (TPSA) is 68.0 Å². The smallest absolute Gasteiger partial charge is 0.199 e. The third kappa shape index (κ3) is 2.82. The molecule has 2 rings (SSSR count). The van der Waals surface area contributed by atoms with Crippen LogP contribution in [0.3, 0.4) is 0 Å². The molecule has 0 aliphatic rings. The van der Waals surface area contributed by atoms with Gasteiger partial charge in [0, 0.05) is 11.9 Å². The van der Waals surface area contributed by atoms with E-state index in [1.807, 2.05) is 0 Å². The first kappa shape index (κ1) is 12.0. The number of rotatable bonds is 5. The van der Waals surface area contributed by atoms with Crippen molar-refractivity contribution in [3.05, 3.63) is 12.4 Å². The molecule has 7 heteroatoms. The summed E-state index contributed by atoms with van der Waals surface area (Å²) in [6.07, 6.45) is 4.30. The lowest BCUT2D eigenvalue weighted by Gasteiger charge is -2.18. The Hall–Kier alpha value is -1.43. The Morgan fingerprint density at radius 2 is 2.24 bits per heavy atom. The number of hydrogen-bond acceptors (Lipinski definition) is 5. The molecular weight excluding hydrogens is 240 g/mol. The van der Waals surface area contributed by atoms with Gasteiger partial charge in [-0.05, 0) is 22.8 Å². The highest BCUT2D eigenvalue weighted by Crippen LogP contribution is 2.13. The van der Waals surface area contributed by atoms with Gasteiger partial charge >= 0.3 is 0 Å². The predicted molar refractivity (Wildman–Crippen MR) is 66.2 cm³/mol. The molecule has 0 aliphatic heterocycles. The zero-order chi connectivity index (χ0) is 12.3. The summed E-state index contributed by atoms with van der Waals surface area (Å²) < 4.78 is 1.62. The van der Waals surface area contributed by atoms with Gasteiger partial charge in [-0.1, -0.05) is 13.8 Å². The van der Waals surface area contributed by atoms with Gasteiger partial charge in [0.25, 0.3) is 0 Å². The van der Waals surface area contributed by atoms with Crippen molar-refractivity contribution in [3.8, 4) is 0 Å². The Morgan fingerprint density at radius 1 is 1.41 bits per heavy atom. The second kappa shape index (κ2) is 5.27. The van der Waals surface area contributed by atoms with Crippen molar-refractivity contribution >= 4 is 23.1 Å². The Balaban J connectivity index is 2.19. The number of fused-ring (bicyclic) bond motifs is 1. The number of alkyl halides is 1. The van der Waals surface area contributed by atoms with Gasteiger partial charge in [0.15, 0.2) is 11.5 Å². The molecule has 0 aromatic carbocycles. The third-order valence-corrected chi connectivity index (χ3v) is 2.78. The van der Waals surface area contributed by atoms with Gasteiger partial charge in [0.2, 0.25) is 0 Å². The van der Waals surface area contributed by atoms with Crippen LogP contribution < -0.4 is 5.32 Å². The van der Waals surface area contributed by atoms with Crippen LogP contribution in [0.4, 0.5) is 5.82 Å². The van der Waals surface area contributed by atoms with E-state index >= 15 is 0 Å². The summed E-state index contributed by atoms with van der Waals surface area (Å²) in [6, 6.07) is 0.188. The van der Waals surface area contributed by atoms with Crippen LogP contribution in [0.25, 0.3) is 5.65 Å². The van der Waals surface area contributed by atoms with E-state index in [2.05, 4.69) is 39.7 Å². The molecule has 2 heterocycles. The van der Waals surface area contributed by atoms with Gasteiger partial charge in [-0.3, -0.25) is 4.98 Å². The number of nitrogens with one attached hydrogen (secondary N) is 1. The summed E-state index contributed by atoms with van der Waals surface area (Å²) >= 11 is 5.94. The van der Waals surface area contributed by atoms with Gasteiger partial charge in [-0.25, -0.2) is 0 Å². The number of anilines is 1. The van der Waals surface area contributed by atoms with Crippen molar-refractivity contribution in [2.75, 3.05) is 11.2 Å². The minimum atomic E-state index is 0.188. The zero-order valence-corrected chi connectivity index (χ0v) is 10.6. The standard InChI is InChI=1S/C10H15ClN6/c1-7(2)3-8(4-11)13-9-5-12-6-10-14-15-16-17(9)10/h5-8,13H,3-4H2,1-2H3. The minimum absolute atomic E-state index is 0.188. The first-order valence-corrected chi connectivity index (χ1v) is 6.08. The lowest BCUT2D eigenvalue weighted by Crippen LogP contribution is -2.24. The van der Waals surface area contributed by atoms with Crippen molar-refractivity contribution in [2.45, 2.75) is 26.3 Å². The van der Waals surface area contributed by atoms with Crippen molar-refractivity contribution in [2.24, 2.45) is 5.92 Å². The zero-order valence-electron chi connectivity index (χ0n) is 9.84. The lowest BCUT2D eigenvalue weighted by molar-refractivity contribution is 0.540. The molecule has 2 aromatic rings. The Bertz CT molecular complexity index is 482. The monoisotopic (exact) mass is 254 g/mol. The van der Waals surface area contributed by atoms with Crippen molar-refractivity contribution in [1.82, 2.24) is 25.0 Å². The SMILES string of the molecule is CC(C)CC(CCl)Nc1cncc2nnnn12. The maximum absolute atomic E-state index is 5.94. The number of halogens is 1. The normalized spacial score (nSPS) is 13.2. The molecule has 0 saturated heterocycles. The summed E-state index contributed by atoms with van der Waals surface area (Å²) in [6.45, 7) is 4.33. The van der Waals surface area contributed by atoms with Crippen LogP contribution in [0.1, 0.15) is 20.3 Å². The molecule has 0 fully saturated rings. The highest BCUT2D eigenvalue weighted by molar-refractivity contribution is 6.18. The first-order valence-electron chi connectivity index (χ1n) is 5.55. The highest BCUT2D eigenvalue weighted by Gasteiger charge is 2.12. The van der Waals surface area contributed by atoms with Crippen LogP contribution in [0.2, 0.25) is 0 Å². The van der Waals surface area contributed by atoms with Gasteiger partial charge < -0.3 is 5.32 Å². The van der Waals surface area contributed by atoms with Crippen molar-refractivity contribution < 1.29 is 0 Å². The Kier molecular flexibility index (Phi) is 3.73. The molecular formula is C10H15ClN6. The minimum Gasteiger partial charge on any atom is -0.365 e. The summed E-state index contributed by atoms with van der Waals surface area (Å²) in [5, 5.41) is 14.7. The van der Waals surface area contributed by atoms with Gasteiger partial charge in [0.1, 0.15) is 0 Å². The molecule has 0 spiro atoms. The first-order chi connectivity index (χ1) is 8.20. The van der Waals surface area contributed by atoms with E-state index in [-0.39, 0.29) is 6.04 Å². The lowest BCUT2D eigenvalue weighted by atomic mass is 10.1. The highest BCUT2D eigenvalue weighted by atomic mass is 35.5.